The van der Waals surface area contributed by atoms with E-state index in [1.54, 1.807) is 49.6 Å². The van der Waals surface area contributed by atoms with E-state index in [4.69, 9.17) is 14.2 Å². The summed E-state index contributed by atoms with van der Waals surface area (Å²) in [6.45, 7) is 0.896. The predicted octanol–water partition coefficient (Wildman–Crippen LogP) is 2.70. The summed E-state index contributed by atoms with van der Waals surface area (Å²) in [6, 6.07) is 11.2. The minimum Gasteiger partial charge on any atom is -0.507 e. The van der Waals surface area contributed by atoms with Gasteiger partial charge in [-0.3, -0.25) is 9.59 Å². The number of likely N-dealkylation sites (N-methyl/N-ethyl adjacent to an activating group) is 1. The molecular weight excluding hydrogens is 412 g/mol. The molecule has 0 saturated carbocycles. The normalized spacial score (nSPS) is 17.7. The van der Waals surface area contributed by atoms with Crippen LogP contribution < -0.4 is 14.2 Å². The van der Waals surface area contributed by atoms with E-state index in [2.05, 4.69) is 0 Å². The van der Waals surface area contributed by atoms with Gasteiger partial charge < -0.3 is 29.1 Å². The summed E-state index contributed by atoms with van der Waals surface area (Å²) in [5.41, 5.74) is 1.09. The molecule has 8 nitrogen and oxygen atoms in total. The zero-order valence-electron chi connectivity index (χ0n) is 18.9. The summed E-state index contributed by atoms with van der Waals surface area (Å²) in [5, 5.41) is 11.2. The first-order valence-electron chi connectivity index (χ1n) is 10.1. The summed E-state index contributed by atoms with van der Waals surface area (Å²) in [4.78, 5) is 29.4. The Morgan fingerprint density at radius 1 is 0.969 bits per heavy atom. The van der Waals surface area contributed by atoms with Crippen LogP contribution in [0.4, 0.5) is 0 Å². The lowest BCUT2D eigenvalue weighted by atomic mass is 9.95. The molecule has 3 rings (SSSR count). The number of carbonyl (C=O) groups excluding carboxylic acids is 2. The van der Waals surface area contributed by atoms with Gasteiger partial charge in [-0.25, -0.2) is 0 Å². The van der Waals surface area contributed by atoms with Crippen LogP contribution in [0.25, 0.3) is 5.76 Å². The summed E-state index contributed by atoms with van der Waals surface area (Å²) < 4.78 is 15.8. The highest BCUT2D eigenvalue weighted by Gasteiger charge is 2.45. The summed E-state index contributed by atoms with van der Waals surface area (Å²) in [7, 11) is 8.34. The van der Waals surface area contributed by atoms with Gasteiger partial charge in [0.1, 0.15) is 11.5 Å². The zero-order valence-corrected chi connectivity index (χ0v) is 18.9. The van der Waals surface area contributed by atoms with E-state index in [-0.39, 0.29) is 11.3 Å². The lowest BCUT2D eigenvalue weighted by Gasteiger charge is -2.26. The number of ether oxygens (including phenoxy) is 3. The van der Waals surface area contributed by atoms with Crippen LogP contribution in [-0.2, 0) is 9.59 Å². The molecule has 1 atom stereocenters. The average Bonchev–Trinajstić information content (AvgIpc) is 3.06. The van der Waals surface area contributed by atoms with E-state index in [1.807, 2.05) is 19.0 Å². The number of aliphatic hydroxyl groups excluding tert-OH is 1. The van der Waals surface area contributed by atoms with Crippen molar-refractivity contribution in [2.24, 2.45) is 0 Å². The van der Waals surface area contributed by atoms with Crippen molar-refractivity contribution >= 4 is 17.4 Å². The summed E-state index contributed by atoms with van der Waals surface area (Å²) >= 11 is 0. The van der Waals surface area contributed by atoms with Crippen LogP contribution in [0.3, 0.4) is 0 Å². The Morgan fingerprint density at radius 2 is 1.62 bits per heavy atom. The van der Waals surface area contributed by atoms with Gasteiger partial charge in [-0.2, -0.15) is 0 Å². The smallest absolute Gasteiger partial charge is 0.295 e. The topological polar surface area (TPSA) is 88.5 Å². The molecule has 1 N–H and O–H groups in total. The zero-order chi connectivity index (χ0) is 23.4. The monoisotopic (exact) mass is 440 g/mol. The largest absolute Gasteiger partial charge is 0.507 e. The highest BCUT2D eigenvalue weighted by Crippen LogP contribution is 2.40. The number of carbonyl (C=O) groups is 2. The number of amides is 1. The highest BCUT2D eigenvalue weighted by molar-refractivity contribution is 6.46. The molecule has 0 bridgehead atoms. The molecule has 2 aromatic carbocycles. The van der Waals surface area contributed by atoms with Gasteiger partial charge in [-0.15, -0.1) is 0 Å². The number of Topliss-reactive ketones (excluding diaryl/α,β-unsaturated/α-hetero) is 1. The maximum atomic E-state index is 13.1. The van der Waals surface area contributed by atoms with Gasteiger partial charge in [0.25, 0.3) is 11.7 Å². The number of methoxy groups -OCH3 is 3. The fourth-order valence-corrected chi connectivity index (χ4v) is 3.69. The van der Waals surface area contributed by atoms with Crippen LogP contribution in [0.15, 0.2) is 48.0 Å². The minimum atomic E-state index is -0.728. The third-order valence-corrected chi connectivity index (χ3v) is 5.42. The molecule has 1 saturated heterocycles. The Bertz CT molecular complexity index is 1030. The number of ketones is 1. The number of likely N-dealkylation sites (tertiary alicyclic amines) is 1. The molecule has 0 aromatic heterocycles. The minimum absolute atomic E-state index is 0.0335. The van der Waals surface area contributed by atoms with E-state index in [0.717, 1.165) is 0 Å². The average molecular weight is 440 g/mol. The lowest BCUT2D eigenvalue weighted by molar-refractivity contribution is -0.140. The third-order valence-electron chi connectivity index (χ3n) is 5.42. The van der Waals surface area contributed by atoms with Crippen molar-refractivity contribution in [3.8, 4) is 17.2 Å². The van der Waals surface area contributed by atoms with Crippen molar-refractivity contribution in [3.05, 3.63) is 59.2 Å². The lowest BCUT2D eigenvalue weighted by Crippen LogP contribution is -2.35. The predicted molar refractivity (Wildman–Crippen MR) is 120 cm³/mol. The van der Waals surface area contributed by atoms with Crippen LogP contribution >= 0.6 is 0 Å². The standard InChI is InChI=1S/C24H28N2O6/c1-25(2)12-13-26-21(15-6-9-17(30-3)10-7-15)20(23(28)24(26)29)22(27)16-8-11-18(31-4)19(14-16)32-5/h6-11,14,21,27H,12-13H2,1-5H3/b22-20-. The van der Waals surface area contributed by atoms with E-state index in [0.29, 0.717) is 41.5 Å². The van der Waals surface area contributed by atoms with Crippen molar-refractivity contribution in [2.45, 2.75) is 6.04 Å². The van der Waals surface area contributed by atoms with E-state index in [1.165, 1.54) is 19.1 Å². The van der Waals surface area contributed by atoms with Gasteiger partial charge in [0.2, 0.25) is 0 Å². The Balaban J connectivity index is 2.15. The Hall–Kier alpha value is -3.52. The molecular formula is C24H28N2O6. The summed E-state index contributed by atoms with van der Waals surface area (Å²) in [6.07, 6.45) is 0. The summed E-state index contributed by atoms with van der Waals surface area (Å²) in [5.74, 6) is -0.0931. The Labute approximate surface area is 187 Å². The first-order chi connectivity index (χ1) is 15.3. The van der Waals surface area contributed by atoms with Gasteiger partial charge in [0.05, 0.1) is 32.9 Å². The SMILES string of the molecule is COc1ccc(C2/C(=C(/O)c3ccc(OC)c(OC)c3)C(=O)C(=O)N2CCN(C)C)cc1. The first kappa shape index (κ1) is 23.1. The van der Waals surface area contributed by atoms with Crippen LogP contribution in [0.2, 0.25) is 0 Å². The molecule has 1 aliphatic rings. The second-order valence-electron chi connectivity index (χ2n) is 7.64. The maximum Gasteiger partial charge on any atom is 0.295 e. The molecule has 0 radical (unpaired) electrons. The van der Waals surface area contributed by atoms with Gasteiger partial charge in [0.15, 0.2) is 11.5 Å². The number of hydrogen-bond acceptors (Lipinski definition) is 7. The van der Waals surface area contributed by atoms with Crippen LogP contribution in [0.5, 0.6) is 17.2 Å². The van der Waals surface area contributed by atoms with E-state index in [9.17, 15) is 14.7 Å². The molecule has 0 aliphatic carbocycles. The molecule has 2 aromatic rings. The first-order valence-corrected chi connectivity index (χ1v) is 10.1. The second-order valence-corrected chi connectivity index (χ2v) is 7.64. The molecule has 1 heterocycles. The van der Waals surface area contributed by atoms with E-state index >= 15 is 0 Å². The molecule has 0 spiro atoms. The second kappa shape index (κ2) is 9.74. The van der Waals surface area contributed by atoms with Gasteiger partial charge >= 0.3 is 0 Å². The van der Waals surface area contributed by atoms with Crippen LogP contribution in [0, 0.1) is 0 Å². The molecule has 1 fully saturated rings. The fraction of sp³-hybridized carbons (Fsp3) is 0.333. The number of hydrogen-bond donors (Lipinski definition) is 1. The highest BCUT2D eigenvalue weighted by atomic mass is 16.5. The maximum absolute atomic E-state index is 13.1. The van der Waals surface area contributed by atoms with Gasteiger partial charge in [0, 0.05) is 18.7 Å². The number of nitrogens with zero attached hydrogens (tertiary/aromatic N) is 2. The fourth-order valence-electron chi connectivity index (χ4n) is 3.69. The Kier molecular flexibility index (Phi) is 7.05. The Morgan fingerprint density at radius 3 is 2.19 bits per heavy atom. The van der Waals surface area contributed by atoms with Crippen molar-refractivity contribution in [3.63, 3.8) is 0 Å². The molecule has 170 valence electrons. The molecule has 32 heavy (non-hydrogen) atoms. The van der Waals surface area contributed by atoms with Crippen molar-refractivity contribution in [2.75, 3.05) is 48.5 Å². The van der Waals surface area contributed by atoms with Gasteiger partial charge in [-0.1, -0.05) is 12.1 Å². The molecule has 1 amide bonds. The number of aliphatic hydroxyl groups is 1. The van der Waals surface area contributed by atoms with Gasteiger partial charge in [-0.05, 0) is 50.0 Å². The molecule has 8 heteroatoms. The third kappa shape index (κ3) is 4.40. The van der Waals surface area contributed by atoms with Crippen molar-refractivity contribution in [1.82, 2.24) is 9.80 Å². The van der Waals surface area contributed by atoms with Crippen molar-refractivity contribution in [1.29, 1.82) is 0 Å². The number of rotatable bonds is 8. The quantitative estimate of drug-likeness (QED) is 0.384. The van der Waals surface area contributed by atoms with Crippen molar-refractivity contribution < 1.29 is 28.9 Å². The van der Waals surface area contributed by atoms with Crippen LogP contribution in [0.1, 0.15) is 17.2 Å². The van der Waals surface area contributed by atoms with E-state index < -0.39 is 17.7 Å². The van der Waals surface area contributed by atoms with Crippen LogP contribution in [-0.4, -0.2) is 75.1 Å². The number of benzene rings is 2. The molecule has 1 unspecified atom stereocenters. The molecule has 1 aliphatic heterocycles.